The number of fused-ring (bicyclic) bond motifs is 1. The Hall–Kier alpha value is -2.03. The monoisotopic (exact) mass is 300 g/mol. The summed E-state index contributed by atoms with van der Waals surface area (Å²) in [6.07, 6.45) is 2.90. The zero-order chi connectivity index (χ0) is 16.8. The van der Waals surface area contributed by atoms with Crippen LogP contribution in [-0.2, 0) is 11.2 Å². The molecule has 2 rings (SSSR count). The number of benzene rings is 2. The van der Waals surface area contributed by atoms with Crippen molar-refractivity contribution >= 4 is 16.7 Å². The fourth-order valence-corrected chi connectivity index (χ4v) is 2.55. The summed E-state index contributed by atoms with van der Waals surface area (Å²) >= 11 is 0. The molecule has 3 heteroatoms. The topological polar surface area (TPSA) is 38.3 Å². The van der Waals surface area contributed by atoms with Gasteiger partial charge in [-0.1, -0.05) is 38.1 Å². The van der Waals surface area contributed by atoms with E-state index in [0.29, 0.717) is 19.0 Å². The van der Waals surface area contributed by atoms with Crippen molar-refractivity contribution in [1.82, 2.24) is 5.32 Å². The van der Waals surface area contributed by atoms with Crippen molar-refractivity contribution in [3.63, 3.8) is 0 Å². The predicted octanol–water partition coefficient (Wildman–Crippen LogP) is 4.09. The number of carbonyl (C=O) groups is 1. The van der Waals surface area contributed by atoms with Gasteiger partial charge in [-0.15, -0.1) is 0 Å². The Balaban J connectivity index is 2.30. The average molecular weight is 300 g/mol. The lowest BCUT2D eigenvalue weighted by Crippen LogP contribution is -2.22. The minimum absolute atomic E-state index is 0.0333. The molecule has 22 heavy (non-hydrogen) atoms. The molecule has 1 amide bonds. The van der Waals surface area contributed by atoms with Crippen LogP contribution in [0.25, 0.3) is 10.8 Å². The van der Waals surface area contributed by atoms with E-state index in [2.05, 4.69) is 25.2 Å². The fraction of sp³-hybridized carbons (Fsp3) is 0.421. The van der Waals surface area contributed by atoms with Crippen molar-refractivity contribution in [2.45, 2.75) is 46.1 Å². The van der Waals surface area contributed by atoms with Crippen LogP contribution in [0.15, 0.2) is 36.4 Å². The van der Waals surface area contributed by atoms with Crippen molar-refractivity contribution in [3.05, 3.63) is 41.9 Å². The lowest BCUT2D eigenvalue weighted by molar-refractivity contribution is -0.118. The molecule has 0 bridgehead atoms. The number of hydrogen-bond donors (Lipinski definition) is 1. The van der Waals surface area contributed by atoms with Gasteiger partial charge in [0.05, 0.1) is 7.47 Å². The van der Waals surface area contributed by atoms with Gasteiger partial charge in [-0.25, -0.2) is 0 Å². The van der Waals surface area contributed by atoms with Crippen LogP contribution in [0.2, 0.25) is 0 Å². The van der Waals surface area contributed by atoms with Gasteiger partial charge in [-0.3, -0.25) is 4.79 Å². The number of ether oxygens (including phenoxy) is 1. The lowest BCUT2D eigenvalue weighted by Gasteiger charge is -2.16. The second-order valence-electron chi connectivity index (χ2n) is 5.52. The third-order valence-corrected chi connectivity index (χ3v) is 3.85. The summed E-state index contributed by atoms with van der Waals surface area (Å²) in [5.41, 5.74) is 1.07. The van der Waals surface area contributed by atoms with Gasteiger partial charge in [-0.2, -0.15) is 0 Å². The van der Waals surface area contributed by atoms with Gasteiger partial charge in [0.2, 0.25) is 5.91 Å². The summed E-state index contributed by atoms with van der Waals surface area (Å²) in [4.78, 5) is 11.0. The summed E-state index contributed by atoms with van der Waals surface area (Å²) in [6, 6.07) is 10.2. The molecule has 0 aliphatic carbocycles. The molecule has 0 atom stereocenters. The molecule has 0 aliphatic rings. The molecule has 2 aromatic carbocycles. The van der Waals surface area contributed by atoms with Crippen LogP contribution in [0.3, 0.4) is 0 Å². The molecule has 0 fully saturated rings. The molecule has 0 saturated heterocycles. The second kappa shape index (κ2) is 7.83. The molecule has 0 unspecified atom stereocenters. The van der Waals surface area contributed by atoms with Crippen LogP contribution in [0.5, 0.6) is 5.75 Å². The minimum atomic E-state index is -0.0333. The molecular formula is C19H25NO2. The largest absolute Gasteiger partial charge is 0.490 e. The highest BCUT2D eigenvalue weighted by atomic mass is 16.5. The van der Waals surface area contributed by atoms with E-state index in [9.17, 15) is 4.79 Å². The van der Waals surface area contributed by atoms with E-state index in [1.165, 1.54) is 6.92 Å². The van der Waals surface area contributed by atoms with E-state index in [1.54, 1.807) is 0 Å². The number of hydrogen-bond acceptors (Lipinski definition) is 2. The maximum atomic E-state index is 11.0. The van der Waals surface area contributed by atoms with Crippen LogP contribution < -0.4 is 10.1 Å². The van der Waals surface area contributed by atoms with Crippen molar-refractivity contribution in [2.24, 2.45) is 0 Å². The van der Waals surface area contributed by atoms with Gasteiger partial charge >= 0.3 is 0 Å². The molecule has 2 aromatic rings. The van der Waals surface area contributed by atoms with Gasteiger partial charge < -0.3 is 10.1 Å². The summed E-state index contributed by atoms with van der Waals surface area (Å²) in [5.74, 6) is 0.832. The first-order chi connectivity index (χ1) is 11.0. The summed E-state index contributed by atoms with van der Waals surface area (Å²) < 4.78 is 14.0. The third-order valence-electron chi connectivity index (χ3n) is 3.85. The molecule has 0 heterocycles. The van der Waals surface area contributed by atoms with Crippen molar-refractivity contribution in [3.8, 4) is 5.75 Å². The SMILES string of the molecule is [2H]c1cc(CCNC(C)=O)c2cc(OC(CC)CC)ccc2c1. The molecule has 3 nitrogen and oxygen atoms in total. The van der Waals surface area contributed by atoms with Gasteiger partial charge in [0.15, 0.2) is 0 Å². The first-order valence-corrected chi connectivity index (χ1v) is 7.97. The maximum absolute atomic E-state index is 11.0. The number of carbonyl (C=O) groups excluding carboxylic acids is 1. The third kappa shape index (κ3) is 4.23. The number of rotatable bonds is 7. The normalized spacial score (nSPS) is 11.5. The van der Waals surface area contributed by atoms with E-state index in [1.807, 2.05) is 24.3 Å². The molecule has 118 valence electrons. The zero-order valence-corrected chi connectivity index (χ0v) is 13.6. The van der Waals surface area contributed by atoms with E-state index in [-0.39, 0.29) is 12.0 Å². The predicted molar refractivity (Wildman–Crippen MR) is 91.3 cm³/mol. The average Bonchev–Trinajstić information content (AvgIpc) is 2.52. The van der Waals surface area contributed by atoms with Crippen molar-refractivity contribution in [1.29, 1.82) is 0 Å². The minimum Gasteiger partial charge on any atom is -0.490 e. The molecule has 0 saturated carbocycles. The smallest absolute Gasteiger partial charge is 0.216 e. The fourth-order valence-electron chi connectivity index (χ4n) is 2.55. The Morgan fingerprint density at radius 1 is 1.27 bits per heavy atom. The lowest BCUT2D eigenvalue weighted by atomic mass is 10.0. The van der Waals surface area contributed by atoms with Crippen LogP contribution in [0, 0.1) is 0 Å². The summed E-state index contributed by atoms with van der Waals surface area (Å²) in [6.45, 7) is 6.34. The highest BCUT2D eigenvalue weighted by Crippen LogP contribution is 2.25. The standard InChI is InChI=1S/C19H25NO2/c1-4-17(5-2)22-18-10-9-15-7-6-8-16(19(15)13-18)11-12-20-14(3)21/h6-10,13,17H,4-5,11-12H2,1-3H3,(H,20,21)/i6D. The molecule has 0 radical (unpaired) electrons. The van der Waals surface area contributed by atoms with Crippen LogP contribution in [0.1, 0.15) is 40.5 Å². The van der Waals surface area contributed by atoms with E-state index < -0.39 is 0 Å². The molecule has 0 spiro atoms. The Kier molecular flexibility index (Phi) is 5.30. The summed E-state index contributed by atoms with van der Waals surface area (Å²) in [7, 11) is 0. The van der Waals surface area contributed by atoms with Gasteiger partial charge in [0.1, 0.15) is 5.75 Å². The van der Waals surface area contributed by atoms with Crippen LogP contribution >= 0.6 is 0 Å². The summed E-state index contributed by atoms with van der Waals surface area (Å²) in [5, 5.41) is 4.94. The van der Waals surface area contributed by atoms with E-state index >= 15 is 0 Å². The number of amides is 1. The van der Waals surface area contributed by atoms with Crippen LogP contribution in [0.4, 0.5) is 0 Å². The van der Waals surface area contributed by atoms with Gasteiger partial charge in [0.25, 0.3) is 0 Å². The van der Waals surface area contributed by atoms with E-state index in [0.717, 1.165) is 34.9 Å². The Labute approximate surface area is 134 Å². The van der Waals surface area contributed by atoms with Gasteiger partial charge in [0, 0.05) is 13.5 Å². The zero-order valence-electron chi connectivity index (χ0n) is 14.6. The molecular weight excluding hydrogens is 274 g/mol. The maximum Gasteiger partial charge on any atom is 0.216 e. The highest BCUT2D eigenvalue weighted by Gasteiger charge is 2.07. The Morgan fingerprint density at radius 3 is 2.73 bits per heavy atom. The molecule has 1 N–H and O–H groups in total. The molecule has 0 aliphatic heterocycles. The van der Waals surface area contributed by atoms with E-state index in [4.69, 9.17) is 6.11 Å². The van der Waals surface area contributed by atoms with Gasteiger partial charge in [-0.05, 0) is 47.7 Å². The Bertz CT molecular complexity index is 680. The first-order valence-electron chi connectivity index (χ1n) is 8.47. The first kappa shape index (κ1) is 14.9. The van der Waals surface area contributed by atoms with Crippen molar-refractivity contribution < 1.29 is 10.9 Å². The second-order valence-corrected chi connectivity index (χ2v) is 5.52. The highest BCUT2D eigenvalue weighted by molar-refractivity contribution is 5.87. The van der Waals surface area contributed by atoms with Crippen LogP contribution in [-0.4, -0.2) is 18.6 Å². The quantitative estimate of drug-likeness (QED) is 0.836. The molecule has 0 aromatic heterocycles. The Morgan fingerprint density at radius 2 is 2.05 bits per heavy atom. The number of nitrogens with one attached hydrogen (secondary N) is 1. The van der Waals surface area contributed by atoms with Crippen molar-refractivity contribution in [2.75, 3.05) is 6.54 Å².